The highest BCUT2D eigenvalue weighted by Gasteiger charge is 2.17. The summed E-state index contributed by atoms with van der Waals surface area (Å²) in [4.78, 5) is 19.5. The fourth-order valence-electron chi connectivity index (χ4n) is 2.78. The Morgan fingerprint density at radius 1 is 1.15 bits per heavy atom. The van der Waals surface area contributed by atoms with Crippen molar-refractivity contribution in [3.63, 3.8) is 0 Å². The average molecular weight is 398 g/mol. The number of thiophene rings is 2. The summed E-state index contributed by atoms with van der Waals surface area (Å²) in [6.07, 6.45) is 0.623. The van der Waals surface area contributed by atoms with Gasteiger partial charge in [-0.25, -0.2) is 9.37 Å². The van der Waals surface area contributed by atoms with Crippen LogP contribution < -0.4 is 11.1 Å². The maximum Gasteiger partial charge on any atom is 0.263 e. The number of halogens is 1. The molecule has 0 bridgehead atoms. The highest BCUT2D eigenvalue weighted by Crippen LogP contribution is 2.34. The van der Waals surface area contributed by atoms with Crippen LogP contribution in [0.1, 0.15) is 15.2 Å². The van der Waals surface area contributed by atoms with E-state index < -0.39 is 0 Å². The summed E-state index contributed by atoms with van der Waals surface area (Å²) in [6.45, 7) is 0.450. The van der Waals surface area contributed by atoms with Gasteiger partial charge in [0.25, 0.3) is 5.91 Å². The fraction of sp³-hybridized carbons (Fsp3) is 0.100. The van der Waals surface area contributed by atoms with Gasteiger partial charge in [-0.15, -0.1) is 22.7 Å². The summed E-state index contributed by atoms with van der Waals surface area (Å²) >= 11 is 2.92. The summed E-state index contributed by atoms with van der Waals surface area (Å²) in [5, 5.41) is 5.68. The van der Waals surface area contributed by atoms with Crippen molar-refractivity contribution in [2.75, 3.05) is 12.3 Å². The molecule has 0 saturated heterocycles. The van der Waals surface area contributed by atoms with E-state index in [1.54, 1.807) is 23.5 Å². The van der Waals surface area contributed by atoms with E-state index in [4.69, 9.17) is 5.73 Å². The molecule has 0 radical (unpaired) electrons. The lowest BCUT2D eigenvalue weighted by molar-refractivity contribution is 0.0959. The molecule has 3 aromatic heterocycles. The van der Waals surface area contributed by atoms with Crippen LogP contribution in [-0.4, -0.2) is 17.4 Å². The molecular weight excluding hydrogens is 381 g/mol. The molecule has 4 rings (SSSR count). The van der Waals surface area contributed by atoms with Crippen LogP contribution in [0.3, 0.4) is 0 Å². The van der Waals surface area contributed by atoms with Crippen LogP contribution in [0.25, 0.3) is 20.8 Å². The van der Waals surface area contributed by atoms with E-state index in [1.807, 2.05) is 29.6 Å². The van der Waals surface area contributed by atoms with Gasteiger partial charge >= 0.3 is 0 Å². The Bertz CT molecular complexity index is 1090. The zero-order valence-corrected chi connectivity index (χ0v) is 15.9. The second-order valence-corrected chi connectivity index (χ2v) is 7.95. The molecular formula is C20H16FN3OS2. The number of nitrogens with two attached hydrogens (primary N) is 1. The first kappa shape index (κ1) is 17.6. The molecule has 4 aromatic rings. The molecule has 1 amide bonds. The van der Waals surface area contributed by atoms with Crippen molar-refractivity contribution in [3.8, 4) is 10.6 Å². The third-order valence-corrected chi connectivity index (χ3v) is 6.19. The molecule has 0 fully saturated rings. The van der Waals surface area contributed by atoms with Gasteiger partial charge in [-0.2, -0.15) is 0 Å². The van der Waals surface area contributed by atoms with Crippen LogP contribution in [-0.2, 0) is 6.42 Å². The Balaban J connectivity index is 1.49. The third kappa shape index (κ3) is 3.70. The van der Waals surface area contributed by atoms with Crippen LogP contribution in [0.15, 0.2) is 53.9 Å². The molecule has 0 unspecified atom stereocenters. The van der Waals surface area contributed by atoms with Crippen LogP contribution in [0.5, 0.6) is 0 Å². The number of anilines is 1. The number of nitrogens with one attached hydrogen (secondary N) is 1. The second-order valence-electron chi connectivity index (χ2n) is 6.00. The van der Waals surface area contributed by atoms with Gasteiger partial charge in [0.1, 0.15) is 15.5 Å². The number of benzene rings is 1. The molecule has 3 N–H and O–H groups in total. The number of nitrogen functional groups attached to an aromatic ring is 1. The van der Waals surface area contributed by atoms with E-state index in [1.165, 1.54) is 23.5 Å². The number of aromatic nitrogens is 1. The van der Waals surface area contributed by atoms with Crippen molar-refractivity contribution in [3.05, 3.63) is 70.2 Å². The van der Waals surface area contributed by atoms with E-state index >= 15 is 0 Å². The van der Waals surface area contributed by atoms with Crippen molar-refractivity contribution in [1.82, 2.24) is 10.3 Å². The summed E-state index contributed by atoms with van der Waals surface area (Å²) in [5.74, 6) is -0.481. The van der Waals surface area contributed by atoms with Crippen molar-refractivity contribution in [2.45, 2.75) is 6.42 Å². The Kier molecular flexibility index (Phi) is 4.87. The molecule has 27 heavy (non-hydrogen) atoms. The van der Waals surface area contributed by atoms with Gasteiger partial charge in [-0.3, -0.25) is 4.79 Å². The van der Waals surface area contributed by atoms with Gasteiger partial charge in [0.05, 0.1) is 16.3 Å². The minimum absolute atomic E-state index is 0.213. The summed E-state index contributed by atoms with van der Waals surface area (Å²) in [5.41, 5.74) is 8.47. The Morgan fingerprint density at radius 3 is 2.70 bits per heavy atom. The van der Waals surface area contributed by atoms with Crippen LogP contribution in [0.4, 0.5) is 10.1 Å². The highest BCUT2D eigenvalue weighted by molar-refractivity contribution is 7.21. The Labute approximate surface area is 163 Å². The number of rotatable bonds is 5. The average Bonchev–Trinajstić information content (AvgIpc) is 3.31. The monoisotopic (exact) mass is 397 g/mol. The van der Waals surface area contributed by atoms with Gasteiger partial charge < -0.3 is 11.1 Å². The second kappa shape index (κ2) is 7.46. The normalized spacial score (nSPS) is 11.0. The Hall–Kier alpha value is -2.77. The van der Waals surface area contributed by atoms with Gasteiger partial charge in [-0.1, -0.05) is 18.2 Å². The quantitative estimate of drug-likeness (QED) is 0.512. The topological polar surface area (TPSA) is 68.0 Å². The van der Waals surface area contributed by atoms with Gasteiger partial charge in [0.2, 0.25) is 0 Å². The first-order valence-corrected chi connectivity index (χ1v) is 10.1. The van der Waals surface area contributed by atoms with Gasteiger partial charge in [0, 0.05) is 11.9 Å². The van der Waals surface area contributed by atoms with E-state index in [-0.39, 0.29) is 11.7 Å². The number of fused-ring (bicyclic) bond motifs is 1. The minimum atomic E-state index is -0.268. The van der Waals surface area contributed by atoms with E-state index in [2.05, 4.69) is 10.3 Å². The maximum absolute atomic E-state index is 12.9. The number of pyridine rings is 1. The molecule has 7 heteroatoms. The molecule has 136 valence electrons. The van der Waals surface area contributed by atoms with E-state index in [0.717, 1.165) is 26.4 Å². The molecule has 4 nitrogen and oxygen atoms in total. The fourth-order valence-corrected chi connectivity index (χ4v) is 4.48. The lowest BCUT2D eigenvalue weighted by Crippen LogP contribution is -2.25. The standard InChI is InChI=1S/C20H16FN3OS2/c21-13-5-3-12(4-6-13)9-10-23-19(25)18-17(22)14-7-8-15(24-20(14)27-18)16-2-1-11-26-16/h1-8,11H,9-10,22H2,(H,23,25). The van der Waals surface area contributed by atoms with Crippen molar-refractivity contribution < 1.29 is 9.18 Å². The molecule has 0 spiro atoms. The van der Waals surface area contributed by atoms with Crippen molar-refractivity contribution in [2.24, 2.45) is 0 Å². The largest absolute Gasteiger partial charge is 0.397 e. The number of carbonyl (C=O) groups excluding carboxylic acids is 1. The molecule has 0 aliphatic rings. The number of hydrogen-bond acceptors (Lipinski definition) is 5. The molecule has 3 heterocycles. The SMILES string of the molecule is Nc1c(C(=O)NCCc2ccc(F)cc2)sc2nc(-c3cccs3)ccc12. The molecule has 0 saturated carbocycles. The first-order chi connectivity index (χ1) is 13.1. The third-order valence-electron chi connectivity index (χ3n) is 4.19. The van der Waals surface area contributed by atoms with Crippen molar-refractivity contribution in [1.29, 1.82) is 0 Å². The smallest absolute Gasteiger partial charge is 0.263 e. The predicted molar refractivity (Wildman–Crippen MR) is 110 cm³/mol. The summed E-state index contributed by atoms with van der Waals surface area (Å²) in [7, 11) is 0. The molecule has 1 aromatic carbocycles. The zero-order valence-electron chi connectivity index (χ0n) is 14.2. The van der Waals surface area contributed by atoms with E-state index in [0.29, 0.717) is 23.5 Å². The maximum atomic E-state index is 12.9. The predicted octanol–water partition coefficient (Wildman–Crippen LogP) is 4.72. The minimum Gasteiger partial charge on any atom is -0.397 e. The van der Waals surface area contributed by atoms with Gasteiger partial charge in [-0.05, 0) is 47.7 Å². The summed E-state index contributed by atoms with van der Waals surface area (Å²) < 4.78 is 12.9. The van der Waals surface area contributed by atoms with Crippen LogP contribution >= 0.6 is 22.7 Å². The number of carbonyl (C=O) groups is 1. The van der Waals surface area contributed by atoms with Gasteiger partial charge in [0.15, 0.2) is 0 Å². The van der Waals surface area contributed by atoms with E-state index in [9.17, 15) is 9.18 Å². The van der Waals surface area contributed by atoms with Crippen molar-refractivity contribution >= 4 is 44.5 Å². The first-order valence-electron chi connectivity index (χ1n) is 8.37. The summed E-state index contributed by atoms with van der Waals surface area (Å²) in [6, 6.07) is 14.1. The molecule has 0 aliphatic carbocycles. The molecule has 0 aliphatic heterocycles. The Morgan fingerprint density at radius 2 is 1.96 bits per heavy atom. The zero-order chi connectivity index (χ0) is 18.8. The lowest BCUT2D eigenvalue weighted by Gasteiger charge is -2.04. The van der Waals surface area contributed by atoms with Crippen LogP contribution in [0, 0.1) is 5.82 Å². The highest BCUT2D eigenvalue weighted by atomic mass is 32.1. The number of nitrogens with zero attached hydrogens (tertiary/aromatic N) is 1. The van der Waals surface area contributed by atoms with Crippen LogP contribution in [0.2, 0.25) is 0 Å². The molecule has 0 atom stereocenters. The number of hydrogen-bond donors (Lipinski definition) is 2. The lowest BCUT2D eigenvalue weighted by atomic mass is 10.1. The number of amides is 1.